The molecule has 144 valence electrons. The van der Waals surface area contributed by atoms with Crippen LogP contribution in [0, 0.1) is 0 Å². The highest BCUT2D eigenvalue weighted by molar-refractivity contribution is 6.10. The van der Waals surface area contributed by atoms with Crippen molar-refractivity contribution < 1.29 is 14.4 Å². The quantitative estimate of drug-likeness (QED) is 0.692. The summed E-state index contributed by atoms with van der Waals surface area (Å²) in [6, 6.07) is 14.5. The van der Waals surface area contributed by atoms with E-state index < -0.39 is 17.5 Å². The van der Waals surface area contributed by atoms with Crippen molar-refractivity contribution in [1.82, 2.24) is 15.5 Å². The molecule has 1 saturated heterocycles. The second kappa shape index (κ2) is 7.09. The number of rotatable bonds is 5. The molecule has 1 fully saturated rings. The standard InChI is InChI=1S/C21H22N4O3/c1-22-12-14-5-4-7-16(11-14)23-18(26)13-25-19(27)21(24-20(25)28)10-9-15-6-2-3-8-17(15)21/h2-8,11,22H,9-10,12-13H2,1H3,(H,23,26)(H,24,28). The Morgan fingerprint density at radius 1 is 1.18 bits per heavy atom. The first-order valence-corrected chi connectivity index (χ1v) is 9.29. The Morgan fingerprint density at radius 2 is 2.00 bits per heavy atom. The molecule has 2 aliphatic rings. The smallest absolute Gasteiger partial charge is 0.325 e. The lowest BCUT2D eigenvalue weighted by Crippen LogP contribution is -2.43. The van der Waals surface area contributed by atoms with Crippen LogP contribution in [-0.4, -0.2) is 36.3 Å². The van der Waals surface area contributed by atoms with E-state index in [4.69, 9.17) is 0 Å². The number of nitrogens with zero attached hydrogens (tertiary/aromatic N) is 1. The van der Waals surface area contributed by atoms with Gasteiger partial charge in [0.15, 0.2) is 0 Å². The minimum Gasteiger partial charge on any atom is -0.325 e. The van der Waals surface area contributed by atoms with E-state index in [0.29, 0.717) is 18.7 Å². The minimum absolute atomic E-state index is 0.315. The van der Waals surface area contributed by atoms with Gasteiger partial charge in [0.25, 0.3) is 5.91 Å². The Labute approximate surface area is 163 Å². The van der Waals surface area contributed by atoms with Crippen molar-refractivity contribution in [3.63, 3.8) is 0 Å². The van der Waals surface area contributed by atoms with Crippen molar-refractivity contribution in [2.24, 2.45) is 0 Å². The normalized spacial score (nSPS) is 20.4. The molecular weight excluding hydrogens is 356 g/mol. The largest absolute Gasteiger partial charge is 0.325 e. The molecule has 4 amide bonds. The van der Waals surface area contributed by atoms with Crippen LogP contribution in [0.25, 0.3) is 0 Å². The predicted octanol–water partition coefficient (Wildman–Crippen LogP) is 1.74. The molecule has 1 spiro atoms. The van der Waals surface area contributed by atoms with Crippen molar-refractivity contribution in [3.05, 3.63) is 65.2 Å². The summed E-state index contributed by atoms with van der Waals surface area (Å²) >= 11 is 0. The van der Waals surface area contributed by atoms with Gasteiger partial charge in [-0.1, -0.05) is 36.4 Å². The number of amides is 4. The molecule has 0 radical (unpaired) electrons. The van der Waals surface area contributed by atoms with Crippen LogP contribution >= 0.6 is 0 Å². The first-order valence-electron chi connectivity index (χ1n) is 9.29. The zero-order valence-electron chi connectivity index (χ0n) is 15.6. The van der Waals surface area contributed by atoms with Crippen molar-refractivity contribution in [3.8, 4) is 0 Å². The number of benzene rings is 2. The monoisotopic (exact) mass is 378 g/mol. The Hall–Kier alpha value is -3.19. The number of hydrogen-bond acceptors (Lipinski definition) is 4. The van der Waals surface area contributed by atoms with Gasteiger partial charge in [-0.2, -0.15) is 0 Å². The number of carbonyl (C=O) groups excluding carboxylic acids is 3. The molecule has 7 nitrogen and oxygen atoms in total. The Balaban J connectivity index is 1.48. The molecular formula is C21H22N4O3. The molecule has 1 heterocycles. The third kappa shape index (κ3) is 3.03. The van der Waals surface area contributed by atoms with Crippen molar-refractivity contribution in [1.29, 1.82) is 0 Å². The van der Waals surface area contributed by atoms with Crippen LogP contribution in [0.3, 0.4) is 0 Å². The summed E-state index contributed by atoms with van der Waals surface area (Å²) in [5, 5.41) is 8.65. The highest BCUT2D eigenvalue weighted by Gasteiger charge is 2.55. The zero-order valence-corrected chi connectivity index (χ0v) is 15.6. The van der Waals surface area contributed by atoms with Gasteiger partial charge in [-0.05, 0) is 48.7 Å². The van der Waals surface area contributed by atoms with E-state index in [9.17, 15) is 14.4 Å². The predicted molar refractivity (Wildman–Crippen MR) is 105 cm³/mol. The van der Waals surface area contributed by atoms with Crippen LogP contribution in [0.1, 0.15) is 23.1 Å². The first kappa shape index (κ1) is 18.2. The fourth-order valence-electron chi connectivity index (χ4n) is 4.04. The lowest BCUT2D eigenvalue weighted by molar-refractivity contribution is -0.134. The van der Waals surface area contributed by atoms with E-state index >= 15 is 0 Å². The number of nitrogens with one attached hydrogen (secondary N) is 3. The summed E-state index contributed by atoms with van der Waals surface area (Å²) in [4.78, 5) is 39.1. The van der Waals surface area contributed by atoms with Gasteiger partial charge in [0.05, 0.1) is 0 Å². The number of anilines is 1. The van der Waals surface area contributed by atoms with Crippen molar-refractivity contribution in [2.45, 2.75) is 24.9 Å². The van der Waals surface area contributed by atoms with E-state index in [1.54, 1.807) is 6.07 Å². The minimum atomic E-state index is -1.04. The van der Waals surface area contributed by atoms with E-state index in [1.165, 1.54) is 0 Å². The van der Waals surface area contributed by atoms with Crippen molar-refractivity contribution in [2.75, 3.05) is 18.9 Å². The summed E-state index contributed by atoms with van der Waals surface area (Å²) in [7, 11) is 1.85. The maximum Gasteiger partial charge on any atom is 0.325 e. The van der Waals surface area contributed by atoms with Crippen LogP contribution in [0.15, 0.2) is 48.5 Å². The van der Waals surface area contributed by atoms with Crippen LogP contribution in [-0.2, 0) is 28.1 Å². The van der Waals surface area contributed by atoms with Crippen LogP contribution in [0.2, 0.25) is 0 Å². The topological polar surface area (TPSA) is 90.5 Å². The number of carbonyl (C=O) groups is 3. The molecule has 2 aromatic rings. The molecule has 2 aromatic carbocycles. The number of fused-ring (bicyclic) bond motifs is 2. The van der Waals surface area contributed by atoms with Gasteiger partial charge < -0.3 is 16.0 Å². The Bertz CT molecular complexity index is 958. The molecule has 0 saturated carbocycles. The van der Waals surface area contributed by atoms with Crippen molar-refractivity contribution >= 4 is 23.5 Å². The van der Waals surface area contributed by atoms with Gasteiger partial charge in [-0.3, -0.25) is 14.5 Å². The summed E-state index contributed by atoms with van der Waals surface area (Å²) < 4.78 is 0. The van der Waals surface area contributed by atoms with Gasteiger partial charge >= 0.3 is 6.03 Å². The average molecular weight is 378 g/mol. The molecule has 1 atom stereocenters. The molecule has 7 heteroatoms. The number of aryl methyl sites for hydroxylation is 1. The lowest BCUT2D eigenvalue weighted by Gasteiger charge is -2.22. The molecule has 28 heavy (non-hydrogen) atoms. The molecule has 1 unspecified atom stereocenters. The summed E-state index contributed by atoms with van der Waals surface area (Å²) in [5.74, 6) is -0.769. The molecule has 0 aromatic heterocycles. The summed E-state index contributed by atoms with van der Waals surface area (Å²) in [5.41, 5.74) is 2.50. The van der Waals surface area contributed by atoms with Crippen LogP contribution in [0.5, 0.6) is 0 Å². The van der Waals surface area contributed by atoms with Crippen LogP contribution in [0.4, 0.5) is 10.5 Å². The summed E-state index contributed by atoms with van der Waals surface area (Å²) in [6.45, 7) is 0.365. The van der Waals surface area contributed by atoms with Gasteiger partial charge in [-0.15, -0.1) is 0 Å². The van der Waals surface area contributed by atoms with Gasteiger partial charge in [0, 0.05) is 12.2 Å². The molecule has 1 aliphatic carbocycles. The number of imide groups is 1. The average Bonchev–Trinajstić information content (AvgIpc) is 3.16. The Kier molecular flexibility index (Phi) is 4.60. The van der Waals surface area contributed by atoms with Gasteiger partial charge in [-0.25, -0.2) is 4.79 Å². The summed E-state index contributed by atoms with van der Waals surface area (Å²) in [6.07, 6.45) is 1.24. The van der Waals surface area contributed by atoms with Gasteiger partial charge in [0.1, 0.15) is 12.1 Å². The van der Waals surface area contributed by atoms with Crippen LogP contribution < -0.4 is 16.0 Å². The first-order chi connectivity index (χ1) is 13.5. The highest BCUT2D eigenvalue weighted by Crippen LogP contribution is 2.41. The fourth-order valence-corrected chi connectivity index (χ4v) is 4.04. The molecule has 1 aliphatic heterocycles. The third-order valence-corrected chi connectivity index (χ3v) is 5.32. The van der Waals surface area contributed by atoms with E-state index in [1.807, 2.05) is 49.5 Å². The SMILES string of the molecule is CNCc1cccc(NC(=O)CN2C(=O)NC3(CCc4ccccc43)C2=O)c1. The van der Waals surface area contributed by atoms with Gasteiger partial charge in [0.2, 0.25) is 5.91 Å². The number of urea groups is 1. The second-order valence-electron chi connectivity index (χ2n) is 7.16. The highest BCUT2D eigenvalue weighted by atomic mass is 16.2. The number of hydrogen-bond donors (Lipinski definition) is 3. The molecule has 4 rings (SSSR count). The maximum absolute atomic E-state index is 13.1. The van der Waals surface area contributed by atoms with E-state index in [2.05, 4.69) is 16.0 Å². The third-order valence-electron chi connectivity index (χ3n) is 5.32. The lowest BCUT2D eigenvalue weighted by atomic mass is 9.92. The Morgan fingerprint density at radius 3 is 2.82 bits per heavy atom. The molecule has 3 N–H and O–H groups in total. The second-order valence-corrected chi connectivity index (χ2v) is 7.16. The molecule has 0 bridgehead atoms. The fraction of sp³-hybridized carbons (Fsp3) is 0.286. The van der Waals surface area contributed by atoms with E-state index in [0.717, 1.165) is 28.0 Å². The van der Waals surface area contributed by atoms with E-state index in [-0.39, 0.29) is 12.5 Å². The zero-order chi connectivity index (χ0) is 19.7. The maximum atomic E-state index is 13.1.